The van der Waals surface area contributed by atoms with Crippen molar-refractivity contribution < 1.29 is 14.6 Å². The highest BCUT2D eigenvalue weighted by Crippen LogP contribution is 2.31. The van der Waals surface area contributed by atoms with Crippen LogP contribution in [0.4, 0.5) is 0 Å². The van der Waals surface area contributed by atoms with Gasteiger partial charge in [-0.25, -0.2) is 0 Å². The maximum Gasteiger partial charge on any atom is 0.168 e. The number of hydrogen-bond donors (Lipinski definition) is 1. The summed E-state index contributed by atoms with van der Waals surface area (Å²) in [6.45, 7) is 4.75. The molecule has 1 N–H and O–H groups in total. The molecule has 72 valence electrons. The van der Waals surface area contributed by atoms with Crippen LogP contribution in [0.15, 0.2) is 0 Å². The third-order valence-electron chi connectivity index (χ3n) is 2.29. The summed E-state index contributed by atoms with van der Waals surface area (Å²) in [5.41, 5.74) is 0. The average Bonchev–Trinajstić information content (AvgIpc) is 2.50. The molecule has 0 spiro atoms. The van der Waals surface area contributed by atoms with Gasteiger partial charge in [-0.3, -0.25) is 0 Å². The van der Waals surface area contributed by atoms with Crippen molar-refractivity contribution in [2.45, 2.75) is 45.0 Å². The molecule has 3 heteroatoms. The van der Waals surface area contributed by atoms with E-state index >= 15 is 0 Å². The van der Waals surface area contributed by atoms with Gasteiger partial charge in [0.25, 0.3) is 0 Å². The molecule has 1 fully saturated rings. The van der Waals surface area contributed by atoms with Crippen LogP contribution in [-0.2, 0) is 9.47 Å². The van der Waals surface area contributed by atoms with Crippen LogP contribution in [0.5, 0.6) is 0 Å². The fourth-order valence-corrected chi connectivity index (χ4v) is 1.58. The van der Waals surface area contributed by atoms with Gasteiger partial charge in [0.15, 0.2) is 5.79 Å². The molecule has 0 aliphatic carbocycles. The molecule has 0 radical (unpaired) electrons. The summed E-state index contributed by atoms with van der Waals surface area (Å²) in [7, 11) is 0. The molecule has 3 nitrogen and oxygen atoms in total. The highest BCUT2D eigenvalue weighted by molar-refractivity contribution is 4.77. The van der Waals surface area contributed by atoms with Crippen molar-refractivity contribution in [2.75, 3.05) is 13.2 Å². The topological polar surface area (TPSA) is 38.7 Å². The summed E-state index contributed by atoms with van der Waals surface area (Å²) >= 11 is 0. The van der Waals surface area contributed by atoms with Gasteiger partial charge in [-0.05, 0) is 6.42 Å². The quantitative estimate of drug-likeness (QED) is 0.698. The zero-order valence-electron chi connectivity index (χ0n) is 7.88. The minimum Gasteiger partial charge on any atom is -0.394 e. The lowest BCUT2D eigenvalue weighted by Crippen LogP contribution is -2.30. The summed E-state index contributed by atoms with van der Waals surface area (Å²) in [5, 5.41) is 8.86. The molecule has 12 heavy (non-hydrogen) atoms. The summed E-state index contributed by atoms with van der Waals surface area (Å²) in [4.78, 5) is 0. The molecular weight excluding hydrogens is 156 g/mol. The predicted octanol–water partition coefficient (Wildman–Crippen LogP) is 1.30. The lowest BCUT2D eigenvalue weighted by atomic mass is 10.1. The van der Waals surface area contributed by atoms with E-state index in [1.54, 1.807) is 0 Å². The second kappa shape index (κ2) is 4.21. The highest BCUT2D eigenvalue weighted by Gasteiger charge is 2.38. The molecule has 0 saturated carbocycles. The van der Waals surface area contributed by atoms with Crippen LogP contribution in [0, 0.1) is 0 Å². The van der Waals surface area contributed by atoms with Crippen LogP contribution in [0.3, 0.4) is 0 Å². The number of ether oxygens (including phenoxy) is 2. The molecule has 2 atom stereocenters. The van der Waals surface area contributed by atoms with Gasteiger partial charge in [-0.1, -0.05) is 20.3 Å². The van der Waals surface area contributed by atoms with Gasteiger partial charge in [-0.2, -0.15) is 0 Å². The maximum absolute atomic E-state index is 8.86. The maximum atomic E-state index is 8.86. The van der Waals surface area contributed by atoms with E-state index in [9.17, 15) is 0 Å². The minimum atomic E-state index is -0.401. The van der Waals surface area contributed by atoms with Gasteiger partial charge in [0.1, 0.15) is 6.10 Å². The van der Waals surface area contributed by atoms with E-state index in [0.29, 0.717) is 6.61 Å². The first kappa shape index (κ1) is 9.96. The lowest BCUT2D eigenvalue weighted by Gasteiger charge is -2.25. The first-order valence-corrected chi connectivity index (χ1v) is 4.69. The molecule has 0 aromatic rings. The number of aliphatic hydroxyl groups is 1. The molecule has 2 unspecified atom stereocenters. The Hall–Kier alpha value is -0.120. The van der Waals surface area contributed by atoms with Crippen LogP contribution < -0.4 is 0 Å². The predicted molar refractivity (Wildman–Crippen MR) is 45.8 cm³/mol. The first-order chi connectivity index (χ1) is 5.76. The number of rotatable bonds is 4. The Kier molecular flexibility index (Phi) is 3.50. The Morgan fingerprint density at radius 2 is 2.25 bits per heavy atom. The van der Waals surface area contributed by atoms with Gasteiger partial charge in [0.2, 0.25) is 0 Å². The highest BCUT2D eigenvalue weighted by atomic mass is 16.7. The second-order valence-electron chi connectivity index (χ2n) is 3.25. The van der Waals surface area contributed by atoms with E-state index in [1.807, 2.05) is 0 Å². The van der Waals surface area contributed by atoms with Crippen LogP contribution in [0.2, 0.25) is 0 Å². The zero-order chi connectivity index (χ0) is 9.03. The molecule has 1 rings (SSSR count). The summed E-state index contributed by atoms with van der Waals surface area (Å²) in [5.74, 6) is -0.401. The molecule has 0 aromatic carbocycles. The fourth-order valence-electron chi connectivity index (χ4n) is 1.58. The Morgan fingerprint density at radius 1 is 1.50 bits per heavy atom. The van der Waals surface area contributed by atoms with Crippen LogP contribution in [0.25, 0.3) is 0 Å². The monoisotopic (exact) mass is 174 g/mol. The summed E-state index contributed by atoms with van der Waals surface area (Å²) < 4.78 is 11.2. The van der Waals surface area contributed by atoms with Crippen LogP contribution in [-0.4, -0.2) is 30.2 Å². The van der Waals surface area contributed by atoms with E-state index in [0.717, 1.165) is 19.3 Å². The summed E-state index contributed by atoms with van der Waals surface area (Å²) in [6.07, 6.45) is 2.71. The van der Waals surface area contributed by atoms with Crippen molar-refractivity contribution in [3.05, 3.63) is 0 Å². The van der Waals surface area contributed by atoms with Crippen molar-refractivity contribution in [1.82, 2.24) is 0 Å². The van der Waals surface area contributed by atoms with E-state index in [1.165, 1.54) is 0 Å². The molecule has 0 bridgehead atoms. The molecule has 0 aromatic heterocycles. The third-order valence-corrected chi connectivity index (χ3v) is 2.29. The Bertz CT molecular complexity index is 138. The van der Waals surface area contributed by atoms with Crippen molar-refractivity contribution in [3.63, 3.8) is 0 Å². The average molecular weight is 174 g/mol. The minimum absolute atomic E-state index is 0.0610. The van der Waals surface area contributed by atoms with E-state index in [4.69, 9.17) is 14.6 Å². The molecule has 1 heterocycles. The number of aliphatic hydroxyl groups excluding tert-OH is 1. The molecular formula is C9H18O3. The largest absolute Gasteiger partial charge is 0.394 e. The SMILES string of the molecule is CCCC1(CC)OCC(CO)O1. The fraction of sp³-hybridized carbons (Fsp3) is 1.00. The Balaban J connectivity index is 2.47. The van der Waals surface area contributed by atoms with Crippen molar-refractivity contribution in [3.8, 4) is 0 Å². The smallest absolute Gasteiger partial charge is 0.168 e. The Morgan fingerprint density at radius 3 is 2.67 bits per heavy atom. The normalized spacial score (nSPS) is 35.8. The third kappa shape index (κ3) is 1.97. The van der Waals surface area contributed by atoms with E-state index in [2.05, 4.69) is 13.8 Å². The van der Waals surface area contributed by atoms with Gasteiger partial charge >= 0.3 is 0 Å². The van der Waals surface area contributed by atoms with Gasteiger partial charge in [-0.15, -0.1) is 0 Å². The van der Waals surface area contributed by atoms with Gasteiger partial charge in [0.05, 0.1) is 13.2 Å². The zero-order valence-corrected chi connectivity index (χ0v) is 7.88. The van der Waals surface area contributed by atoms with Crippen molar-refractivity contribution in [2.24, 2.45) is 0 Å². The van der Waals surface area contributed by atoms with Gasteiger partial charge in [0, 0.05) is 6.42 Å². The molecule has 1 aliphatic rings. The molecule has 0 amide bonds. The van der Waals surface area contributed by atoms with Crippen molar-refractivity contribution in [1.29, 1.82) is 0 Å². The molecule has 1 aliphatic heterocycles. The van der Waals surface area contributed by atoms with E-state index < -0.39 is 5.79 Å². The summed E-state index contributed by atoms with van der Waals surface area (Å²) in [6, 6.07) is 0. The van der Waals surface area contributed by atoms with E-state index in [-0.39, 0.29) is 12.7 Å². The lowest BCUT2D eigenvalue weighted by molar-refractivity contribution is -0.177. The number of hydrogen-bond acceptors (Lipinski definition) is 3. The van der Waals surface area contributed by atoms with Crippen LogP contribution in [0.1, 0.15) is 33.1 Å². The Labute approximate surface area is 73.7 Å². The standard InChI is InChI=1S/C9H18O3/c1-3-5-9(4-2)11-7-8(6-10)12-9/h8,10H,3-7H2,1-2H3. The van der Waals surface area contributed by atoms with Crippen molar-refractivity contribution >= 4 is 0 Å². The second-order valence-corrected chi connectivity index (χ2v) is 3.25. The first-order valence-electron chi connectivity index (χ1n) is 4.69. The van der Waals surface area contributed by atoms with Crippen LogP contribution >= 0.6 is 0 Å². The van der Waals surface area contributed by atoms with Gasteiger partial charge < -0.3 is 14.6 Å². The molecule has 1 saturated heterocycles.